The van der Waals surface area contributed by atoms with Crippen molar-refractivity contribution in [3.05, 3.63) is 69.7 Å². The normalized spacial score (nSPS) is 11.9. The van der Waals surface area contributed by atoms with Gasteiger partial charge in [-0.2, -0.15) is 11.8 Å². The molecule has 2 aromatic rings. The van der Waals surface area contributed by atoms with Gasteiger partial charge in [-0.1, -0.05) is 66.5 Å². The smallest absolute Gasteiger partial charge is 0.243 e. The first-order valence-electron chi connectivity index (χ1n) is 10.5. The van der Waals surface area contributed by atoms with Gasteiger partial charge in [-0.3, -0.25) is 9.59 Å². The minimum Gasteiger partial charge on any atom is -0.352 e. The van der Waals surface area contributed by atoms with Gasteiger partial charge in [0, 0.05) is 30.5 Å². The van der Waals surface area contributed by atoms with Crippen LogP contribution in [0, 0.1) is 0 Å². The Hall–Kier alpha value is -1.69. The highest BCUT2D eigenvalue weighted by Crippen LogP contribution is 2.24. The Morgan fingerprint density at radius 1 is 1.03 bits per heavy atom. The maximum Gasteiger partial charge on any atom is 0.243 e. The van der Waals surface area contributed by atoms with Gasteiger partial charge in [0.05, 0.1) is 10.0 Å². The van der Waals surface area contributed by atoms with E-state index in [9.17, 15) is 9.59 Å². The number of halogens is 2. The summed E-state index contributed by atoms with van der Waals surface area (Å²) in [5, 5.41) is 3.84. The lowest BCUT2D eigenvalue weighted by atomic mass is 10.1. The SMILES string of the molecule is CCC(C(=O)NC(C)C)N(Cc1ccc(Cl)c(Cl)c1)C(=O)CCSCc1ccccc1. The molecule has 0 fully saturated rings. The number of nitrogens with zero attached hydrogens (tertiary/aromatic N) is 1. The molecule has 4 nitrogen and oxygen atoms in total. The van der Waals surface area contributed by atoms with Crippen molar-refractivity contribution in [2.75, 3.05) is 5.75 Å². The number of carbonyl (C=O) groups is 2. The number of nitrogens with one attached hydrogen (secondary N) is 1. The summed E-state index contributed by atoms with van der Waals surface area (Å²) in [5.41, 5.74) is 2.07. The topological polar surface area (TPSA) is 49.4 Å². The summed E-state index contributed by atoms with van der Waals surface area (Å²) in [7, 11) is 0. The van der Waals surface area contributed by atoms with Gasteiger partial charge < -0.3 is 10.2 Å². The first-order valence-corrected chi connectivity index (χ1v) is 12.4. The van der Waals surface area contributed by atoms with Gasteiger partial charge in [-0.15, -0.1) is 0 Å². The lowest BCUT2D eigenvalue weighted by molar-refractivity contribution is -0.141. The molecule has 2 rings (SSSR count). The molecule has 168 valence electrons. The van der Waals surface area contributed by atoms with Crippen molar-refractivity contribution in [2.24, 2.45) is 0 Å². The van der Waals surface area contributed by atoms with Gasteiger partial charge in [-0.25, -0.2) is 0 Å². The second-order valence-electron chi connectivity index (χ2n) is 7.65. The number of rotatable bonds is 11. The minimum atomic E-state index is -0.538. The van der Waals surface area contributed by atoms with Crippen LogP contribution in [-0.2, 0) is 21.9 Å². The van der Waals surface area contributed by atoms with E-state index in [4.69, 9.17) is 23.2 Å². The van der Waals surface area contributed by atoms with Gasteiger partial charge in [0.2, 0.25) is 11.8 Å². The summed E-state index contributed by atoms with van der Waals surface area (Å²) in [6, 6.07) is 14.9. The molecule has 0 aromatic heterocycles. The zero-order valence-electron chi connectivity index (χ0n) is 18.2. The first-order chi connectivity index (χ1) is 14.8. The third kappa shape index (κ3) is 8.40. The molecule has 2 amide bonds. The lowest BCUT2D eigenvalue weighted by Gasteiger charge is -2.31. The number of hydrogen-bond acceptors (Lipinski definition) is 3. The fourth-order valence-electron chi connectivity index (χ4n) is 3.20. The van der Waals surface area contributed by atoms with Crippen molar-refractivity contribution in [1.82, 2.24) is 10.2 Å². The fourth-order valence-corrected chi connectivity index (χ4v) is 4.41. The average Bonchev–Trinajstić information content (AvgIpc) is 2.73. The standard InChI is InChI=1S/C24H30Cl2N2O2S/c1-4-22(24(30)27-17(2)3)28(15-19-10-11-20(25)21(26)14-19)23(29)12-13-31-16-18-8-6-5-7-9-18/h5-11,14,17,22H,4,12-13,15-16H2,1-3H3,(H,27,30). The molecule has 1 N–H and O–H groups in total. The van der Waals surface area contributed by atoms with Crippen LogP contribution in [0.1, 0.15) is 44.7 Å². The monoisotopic (exact) mass is 480 g/mol. The van der Waals surface area contributed by atoms with Gasteiger partial charge >= 0.3 is 0 Å². The molecule has 0 aliphatic heterocycles. The van der Waals surface area contributed by atoms with Crippen molar-refractivity contribution in [3.8, 4) is 0 Å². The minimum absolute atomic E-state index is 0.00454. The Morgan fingerprint density at radius 2 is 1.74 bits per heavy atom. The largest absolute Gasteiger partial charge is 0.352 e. The quantitative estimate of drug-likeness (QED) is 0.404. The number of benzene rings is 2. The van der Waals surface area contributed by atoms with Crippen LogP contribution in [-0.4, -0.2) is 34.6 Å². The predicted octanol–water partition coefficient (Wildman–Crippen LogP) is 5.95. The predicted molar refractivity (Wildman–Crippen MR) is 132 cm³/mol. The van der Waals surface area contributed by atoms with Crippen LogP contribution in [0.15, 0.2) is 48.5 Å². The summed E-state index contributed by atoms with van der Waals surface area (Å²) in [6.07, 6.45) is 0.896. The molecule has 7 heteroatoms. The van der Waals surface area contributed by atoms with Crippen molar-refractivity contribution in [2.45, 2.75) is 58.0 Å². The van der Waals surface area contributed by atoms with E-state index in [0.29, 0.717) is 35.2 Å². The van der Waals surface area contributed by atoms with E-state index in [1.807, 2.05) is 45.0 Å². The van der Waals surface area contributed by atoms with Crippen LogP contribution in [0.5, 0.6) is 0 Å². The second kappa shape index (κ2) is 13.0. The van der Waals surface area contributed by atoms with Crippen molar-refractivity contribution < 1.29 is 9.59 Å². The summed E-state index contributed by atoms with van der Waals surface area (Å²) in [4.78, 5) is 27.6. The summed E-state index contributed by atoms with van der Waals surface area (Å²) < 4.78 is 0. The van der Waals surface area contributed by atoms with E-state index in [1.165, 1.54) is 5.56 Å². The summed E-state index contributed by atoms with van der Waals surface area (Å²) in [5.74, 6) is 1.36. The molecule has 0 aliphatic carbocycles. The second-order valence-corrected chi connectivity index (χ2v) is 9.57. The van der Waals surface area contributed by atoms with Crippen molar-refractivity contribution >= 4 is 46.8 Å². The molecule has 0 spiro atoms. The molecule has 1 atom stereocenters. The molecule has 0 heterocycles. The van der Waals surface area contributed by atoms with E-state index in [0.717, 1.165) is 11.3 Å². The van der Waals surface area contributed by atoms with E-state index < -0.39 is 6.04 Å². The molecule has 2 aromatic carbocycles. The Balaban J connectivity index is 2.09. The molecular weight excluding hydrogens is 451 g/mol. The number of hydrogen-bond donors (Lipinski definition) is 1. The number of carbonyl (C=O) groups excluding carboxylic acids is 2. The van der Waals surface area contributed by atoms with Gasteiger partial charge in [0.15, 0.2) is 0 Å². The fraction of sp³-hybridized carbons (Fsp3) is 0.417. The maximum atomic E-state index is 13.2. The van der Waals surface area contributed by atoms with Crippen molar-refractivity contribution in [1.29, 1.82) is 0 Å². The molecule has 0 saturated carbocycles. The molecule has 0 radical (unpaired) electrons. The zero-order chi connectivity index (χ0) is 22.8. The molecular formula is C24H30Cl2N2O2S. The Morgan fingerprint density at radius 3 is 2.35 bits per heavy atom. The molecule has 0 saturated heterocycles. The summed E-state index contributed by atoms with van der Waals surface area (Å²) in [6.45, 7) is 6.05. The van der Waals surface area contributed by atoms with Crippen LogP contribution >= 0.6 is 35.0 Å². The highest BCUT2D eigenvalue weighted by molar-refractivity contribution is 7.98. The third-order valence-corrected chi connectivity index (χ3v) is 6.49. The van der Waals surface area contributed by atoms with Crippen molar-refractivity contribution in [3.63, 3.8) is 0 Å². The average molecular weight is 481 g/mol. The third-order valence-electron chi connectivity index (χ3n) is 4.73. The molecule has 0 bridgehead atoms. The van der Waals surface area contributed by atoms with Gasteiger partial charge in [0.1, 0.15) is 6.04 Å². The van der Waals surface area contributed by atoms with E-state index in [1.54, 1.807) is 28.8 Å². The Bertz CT molecular complexity index is 862. The summed E-state index contributed by atoms with van der Waals surface area (Å²) >= 11 is 13.9. The highest BCUT2D eigenvalue weighted by atomic mass is 35.5. The number of thioether (sulfide) groups is 1. The van der Waals surface area contributed by atoms with E-state index in [2.05, 4.69) is 17.4 Å². The van der Waals surface area contributed by atoms with Crippen LogP contribution < -0.4 is 5.32 Å². The molecule has 1 unspecified atom stereocenters. The van der Waals surface area contributed by atoms with Crippen LogP contribution in [0.3, 0.4) is 0 Å². The van der Waals surface area contributed by atoms with Gasteiger partial charge in [-0.05, 0) is 43.5 Å². The van der Waals surface area contributed by atoms with E-state index >= 15 is 0 Å². The van der Waals surface area contributed by atoms with Gasteiger partial charge in [0.25, 0.3) is 0 Å². The molecule has 31 heavy (non-hydrogen) atoms. The molecule has 0 aliphatic rings. The van der Waals surface area contributed by atoms with Crippen LogP contribution in [0.4, 0.5) is 0 Å². The van der Waals surface area contributed by atoms with E-state index in [-0.39, 0.29) is 17.9 Å². The maximum absolute atomic E-state index is 13.2. The number of amides is 2. The highest BCUT2D eigenvalue weighted by Gasteiger charge is 2.28. The Labute approximate surface area is 199 Å². The van der Waals surface area contributed by atoms with Crippen LogP contribution in [0.25, 0.3) is 0 Å². The lowest BCUT2D eigenvalue weighted by Crippen LogP contribution is -2.50. The van der Waals surface area contributed by atoms with Crippen LogP contribution in [0.2, 0.25) is 10.0 Å². The zero-order valence-corrected chi connectivity index (χ0v) is 20.6. The first kappa shape index (κ1) is 25.6. The Kier molecular flexibility index (Phi) is 10.7.